The van der Waals surface area contributed by atoms with Gasteiger partial charge in [-0.15, -0.1) is 11.8 Å². The minimum Gasteiger partial charge on any atom is -0.383 e. The molecule has 7 nitrogen and oxygen atoms in total. The number of anilines is 2. The normalized spacial score (nSPS) is 10.2. The number of rotatable bonds is 6. The van der Waals surface area contributed by atoms with E-state index in [1.165, 1.54) is 11.8 Å². The van der Waals surface area contributed by atoms with Gasteiger partial charge in [-0.2, -0.15) is 10.5 Å². The first-order valence-electron chi connectivity index (χ1n) is 7.94. The van der Waals surface area contributed by atoms with Crippen molar-refractivity contribution < 1.29 is 4.79 Å². The van der Waals surface area contributed by atoms with Crippen molar-refractivity contribution in [1.82, 2.24) is 9.97 Å². The van der Waals surface area contributed by atoms with Crippen LogP contribution < -0.4 is 11.1 Å². The van der Waals surface area contributed by atoms with Crippen molar-refractivity contribution in [3.63, 3.8) is 0 Å². The van der Waals surface area contributed by atoms with Crippen molar-refractivity contribution in [3.05, 3.63) is 41.2 Å². The van der Waals surface area contributed by atoms with Crippen molar-refractivity contribution in [3.8, 4) is 12.1 Å². The van der Waals surface area contributed by atoms with Crippen molar-refractivity contribution in [2.75, 3.05) is 16.8 Å². The number of hydrogen-bond donors (Lipinski definition) is 2. The summed E-state index contributed by atoms with van der Waals surface area (Å²) in [6, 6.07) is 7.57. The minimum absolute atomic E-state index is 0.0426. The molecule has 2 heterocycles. The van der Waals surface area contributed by atoms with Gasteiger partial charge in [-0.05, 0) is 23.6 Å². The summed E-state index contributed by atoms with van der Waals surface area (Å²) in [6.07, 6.45) is 3.44. The Labute approximate surface area is 156 Å². The molecule has 0 bridgehead atoms. The Hall–Kier alpha value is -3.10. The van der Waals surface area contributed by atoms with Gasteiger partial charge in [0.15, 0.2) is 0 Å². The molecule has 26 heavy (non-hydrogen) atoms. The van der Waals surface area contributed by atoms with Gasteiger partial charge in [-0.3, -0.25) is 9.78 Å². The largest absolute Gasteiger partial charge is 0.383 e. The summed E-state index contributed by atoms with van der Waals surface area (Å²) in [5.74, 6) is 0.354. The molecule has 0 spiro atoms. The number of hydrogen-bond acceptors (Lipinski definition) is 7. The molecule has 0 fully saturated rings. The van der Waals surface area contributed by atoms with Crippen LogP contribution in [0.25, 0.3) is 0 Å². The maximum Gasteiger partial charge on any atom is 0.225 e. The number of amides is 1. The van der Waals surface area contributed by atoms with Crippen molar-refractivity contribution in [2.24, 2.45) is 0 Å². The minimum atomic E-state index is -0.145. The zero-order chi connectivity index (χ0) is 19.1. The number of carbonyl (C=O) groups excluding carboxylic acids is 1. The van der Waals surface area contributed by atoms with Crippen LogP contribution in [-0.2, 0) is 4.79 Å². The van der Waals surface area contributed by atoms with Crippen molar-refractivity contribution >= 4 is 29.2 Å². The van der Waals surface area contributed by atoms with Gasteiger partial charge in [0, 0.05) is 30.3 Å². The standard InChI is InChI=1S/C18H18N6OS/c1-11(2)16-13(9-19)17(21)24-18(14(16)10-20)26-8-5-15(25)23-12-3-6-22-7-4-12/h3-4,6-7,11H,5,8H2,1-2H3,(H2,21,24)(H,22,23,25). The van der Waals surface area contributed by atoms with Crippen LogP contribution in [-0.4, -0.2) is 21.6 Å². The molecule has 8 heteroatoms. The topological polar surface area (TPSA) is 128 Å². The van der Waals surface area contributed by atoms with E-state index in [1.807, 2.05) is 19.9 Å². The molecular formula is C18H18N6OS. The van der Waals surface area contributed by atoms with E-state index in [0.717, 1.165) is 0 Å². The highest BCUT2D eigenvalue weighted by molar-refractivity contribution is 7.99. The number of nitrogens with one attached hydrogen (secondary N) is 1. The quantitative estimate of drug-likeness (QED) is 0.752. The van der Waals surface area contributed by atoms with Gasteiger partial charge in [0.05, 0.1) is 11.1 Å². The van der Waals surface area contributed by atoms with Crippen LogP contribution in [0.1, 0.15) is 42.9 Å². The highest BCUT2D eigenvalue weighted by Gasteiger charge is 2.21. The molecule has 1 amide bonds. The molecule has 2 aromatic heterocycles. The molecule has 2 aromatic rings. The number of nitriles is 2. The van der Waals surface area contributed by atoms with E-state index in [2.05, 4.69) is 21.4 Å². The molecule has 2 rings (SSSR count). The number of aromatic nitrogens is 2. The first-order valence-corrected chi connectivity index (χ1v) is 8.92. The van der Waals surface area contributed by atoms with Gasteiger partial charge in [0.1, 0.15) is 23.0 Å². The molecule has 0 atom stereocenters. The molecule has 132 valence electrons. The third-order valence-corrected chi connectivity index (χ3v) is 4.54. The van der Waals surface area contributed by atoms with Gasteiger partial charge >= 0.3 is 0 Å². The fourth-order valence-corrected chi connectivity index (χ4v) is 3.35. The molecule has 0 aliphatic rings. The lowest BCUT2D eigenvalue weighted by Crippen LogP contribution is -2.12. The Morgan fingerprint density at radius 3 is 2.50 bits per heavy atom. The van der Waals surface area contributed by atoms with Gasteiger partial charge in [-0.1, -0.05) is 13.8 Å². The van der Waals surface area contributed by atoms with E-state index in [4.69, 9.17) is 5.73 Å². The monoisotopic (exact) mass is 366 g/mol. The summed E-state index contributed by atoms with van der Waals surface area (Å²) < 4.78 is 0. The predicted octanol–water partition coefficient (Wildman–Crippen LogP) is 3.05. The fourth-order valence-electron chi connectivity index (χ4n) is 2.41. The van der Waals surface area contributed by atoms with Gasteiger partial charge in [0.2, 0.25) is 5.91 Å². The highest BCUT2D eigenvalue weighted by Crippen LogP contribution is 2.33. The van der Waals surface area contributed by atoms with Crippen LogP contribution in [0.3, 0.4) is 0 Å². The van der Waals surface area contributed by atoms with E-state index in [0.29, 0.717) is 27.6 Å². The number of pyridine rings is 2. The van der Waals surface area contributed by atoms with Crippen LogP contribution in [0.4, 0.5) is 11.5 Å². The number of nitrogens with two attached hydrogens (primary N) is 1. The van der Waals surface area contributed by atoms with Crippen LogP contribution in [0.5, 0.6) is 0 Å². The van der Waals surface area contributed by atoms with Crippen LogP contribution in [0, 0.1) is 22.7 Å². The maximum absolute atomic E-state index is 12.0. The second kappa shape index (κ2) is 8.84. The maximum atomic E-state index is 12.0. The molecule has 0 unspecified atom stereocenters. The fraction of sp³-hybridized carbons (Fsp3) is 0.278. The molecule has 3 N–H and O–H groups in total. The summed E-state index contributed by atoms with van der Waals surface area (Å²) in [5, 5.41) is 22.0. The average Bonchev–Trinajstić information content (AvgIpc) is 2.61. The van der Waals surface area contributed by atoms with Gasteiger partial charge < -0.3 is 11.1 Å². The number of nitrogens with zero attached hydrogens (tertiary/aromatic N) is 4. The Morgan fingerprint density at radius 2 is 1.92 bits per heavy atom. The van der Waals surface area contributed by atoms with Crippen LogP contribution in [0.2, 0.25) is 0 Å². The molecule has 0 aliphatic heterocycles. The Morgan fingerprint density at radius 1 is 1.27 bits per heavy atom. The zero-order valence-corrected chi connectivity index (χ0v) is 15.3. The van der Waals surface area contributed by atoms with Crippen molar-refractivity contribution in [1.29, 1.82) is 10.5 Å². The predicted molar refractivity (Wildman–Crippen MR) is 100 cm³/mol. The van der Waals surface area contributed by atoms with Gasteiger partial charge in [0.25, 0.3) is 0 Å². The summed E-state index contributed by atoms with van der Waals surface area (Å²) >= 11 is 1.28. The zero-order valence-electron chi connectivity index (χ0n) is 14.5. The van der Waals surface area contributed by atoms with E-state index < -0.39 is 0 Å². The lowest BCUT2D eigenvalue weighted by molar-refractivity contribution is -0.115. The summed E-state index contributed by atoms with van der Waals surface area (Å²) in [7, 11) is 0. The van der Waals surface area contributed by atoms with Gasteiger partial charge in [-0.25, -0.2) is 4.98 Å². The third kappa shape index (κ3) is 4.50. The smallest absolute Gasteiger partial charge is 0.225 e. The van der Waals surface area contributed by atoms with Crippen molar-refractivity contribution in [2.45, 2.75) is 31.2 Å². The van der Waals surface area contributed by atoms with E-state index in [1.54, 1.807) is 24.5 Å². The SMILES string of the molecule is CC(C)c1c(C#N)c(N)nc(SCCC(=O)Nc2ccncc2)c1C#N. The average molecular weight is 366 g/mol. The Bertz CT molecular complexity index is 883. The first-order chi connectivity index (χ1) is 12.5. The Balaban J connectivity index is 2.11. The van der Waals surface area contributed by atoms with Crippen LogP contribution in [0.15, 0.2) is 29.6 Å². The highest BCUT2D eigenvalue weighted by atomic mass is 32.2. The number of thioether (sulfide) groups is 1. The lowest BCUT2D eigenvalue weighted by atomic mass is 9.94. The number of carbonyl (C=O) groups is 1. The summed E-state index contributed by atoms with van der Waals surface area (Å²) in [5.41, 5.74) is 7.76. The second-order valence-electron chi connectivity index (χ2n) is 5.73. The van der Waals surface area contributed by atoms with E-state index >= 15 is 0 Å². The van der Waals surface area contributed by atoms with E-state index in [-0.39, 0.29) is 29.6 Å². The molecular weight excluding hydrogens is 348 g/mol. The van der Waals surface area contributed by atoms with Crippen LogP contribution >= 0.6 is 11.8 Å². The Kier molecular flexibility index (Phi) is 6.54. The first kappa shape index (κ1) is 19.2. The third-order valence-electron chi connectivity index (χ3n) is 3.56. The molecule has 0 saturated heterocycles. The number of nitrogen functional groups attached to an aromatic ring is 1. The molecule has 0 radical (unpaired) electrons. The lowest BCUT2D eigenvalue weighted by Gasteiger charge is -2.15. The van der Waals surface area contributed by atoms with E-state index in [9.17, 15) is 15.3 Å². The molecule has 0 aromatic carbocycles. The summed E-state index contributed by atoms with van der Waals surface area (Å²) in [4.78, 5) is 20.1. The molecule has 0 aliphatic carbocycles. The molecule has 0 saturated carbocycles. The summed E-state index contributed by atoms with van der Waals surface area (Å²) in [6.45, 7) is 3.79. The second-order valence-corrected chi connectivity index (χ2v) is 6.81.